The van der Waals surface area contributed by atoms with Crippen molar-refractivity contribution in [3.63, 3.8) is 0 Å². The highest BCUT2D eigenvalue weighted by molar-refractivity contribution is 7.11. The van der Waals surface area contributed by atoms with Crippen LogP contribution >= 0.6 is 11.3 Å². The molecule has 3 nitrogen and oxygen atoms in total. The summed E-state index contributed by atoms with van der Waals surface area (Å²) in [5.41, 5.74) is 0. The van der Waals surface area contributed by atoms with E-state index in [1.165, 1.54) is 9.88 Å². The number of methoxy groups -OCH3 is 1. The summed E-state index contributed by atoms with van der Waals surface area (Å²) in [6.07, 6.45) is 5.84. The van der Waals surface area contributed by atoms with E-state index in [4.69, 9.17) is 4.74 Å². The molecule has 1 aromatic heterocycles. The van der Waals surface area contributed by atoms with E-state index in [1.807, 2.05) is 17.5 Å². The Bertz CT molecular complexity index is 307. The average molecular weight is 226 g/mol. The van der Waals surface area contributed by atoms with Crippen molar-refractivity contribution in [2.24, 2.45) is 0 Å². The van der Waals surface area contributed by atoms with Gasteiger partial charge >= 0.3 is 0 Å². The standard InChI is InChI=1S/C11H18N2OS/c1-3-10-6-13-11(15-10)7-12-8-4-9(5-8)14-2/h6,8-9,12H,3-5,7H2,1-2H3. The van der Waals surface area contributed by atoms with Crippen LogP contribution in [-0.4, -0.2) is 24.2 Å². The topological polar surface area (TPSA) is 34.2 Å². The Hall–Kier alpha value is -0.450. The number of nitrogens with one attached hydrogen (secondary N) is 1. The van der Waals surface area contributed by atoms with Crippen LogP contribution in [0.4, 0.5) is 0 Å². The fourth-order valence-corrected chi connectivity index (χ4v) is 2.56. The van der Waals surface area contributed by atoms with Crippen molar-refractivity contribution in [2.45, 2.75) is 44.9 Å². The molecule has 1 aliphatic rings. The number of aryl methyl sites for hydroxylation is 1. The Morgan fingerprint density at radius 2 is 2.40 bits per heavy atom. The second-order valence-corrected chi connectivity index (χ2v) is 5.18. The summed E-state index contributed by atoms with van der Waals surface area (Å²) in [5.74, 6) is 0. The molecule has 1 aliphatic carbocycles. The zero-order valence-corrected chi connectivity index (χ0v) is 10.1. The first-order valence-corrected chi connectivity index (χ1v) is 6.33. The number of aromatic nitrogens is 1. The van der Waals surface area contributed by atoms with E-state index in [0.29, 0.717) is 12.1 Å². The molecule has 0 aliphatic heterocycles. The van der Waals surface area contributed by atoms with Gasteiger partial charge in [0.05, 0.1) is 6.10 Å². The molecule has 0 bridgehead atoms. The maximum absolute atomic E-state index is 5.24. The third kappa shape index (κ3) is 2.77. The monoisotopic (exact) mass is 226 g/mol. The number of ether oxygens (including phenoxy) is 1. The predicted octanol–water partition coefficient (Wildman–Crippen LogP) is 1.97. The lowest BCUT2D eigenvalue weighted by Crippen LogP contribution is -2.44. The van der Waals surface area contributed by atoms with Crippen molar-refractivity contribution in [3.8, 4) is 0 Å². The van der Waals surface area contributed by atoms with Crippen LogP contribution in [0, 0.1) is 0 Å². The maximum atomic E-state index is 5.24. The molecule has 0 aromatic carbocycles. The van der Waals surface area contributed by atoms with Gasteiger partial charge < -0.3 is 10.1 Å². The molecule has 1 N–H and O–H groups in total. The Balaban J connectivity index is 1.70. The fraction of sp³-hybridized carbons (Fsp3) is 0.727. The van der Waals surface area contributed by atoms with E-state index in [-0.39, 0.29) is 0 Å². The van der Waals surface area contributed by atoms with E-state index in [2.05, 4.69) is 17.2 Å². The lowest BCUT2D eigenvalue weighted by Gasteiger charge is -2.34. The summed E-state index contributed by atoms with van der Waals surface area (Å²) in [4.78, 5) is 5.75. The van der Waals surface area contributed by atoms with Crippen LogP contribution in [-0.2, 0) is 17.7 Å². The van der Waals surface area contributed by atoms with Crippen LogP contribution in [0.2, 0.25) is 0 Å². The van der Waals surface area contributed by atoms with Crippen LogP contribution in [0.5, 0.6) is 0 Å². The van der Waals surface area contributed by atoms with Crippen LogP contribution < -0.4 is 5.32 Å². The SMILES string of the molecule is CCc1cnc(CNC2CC(OC)C2)s1. The molecule has 15 heavy (non-hydrogen) atoms. The van der Waals surface area contributed by atoms with Crippen molar-refractivity contribution in [1.29, 1.82) is 0 Å². The fourth-order valence-electron chi connectivity index (χ4n) is 1.75. The minimum absolute atomic E-state index is 0.477. The number of nitrogens with zero attached hydrogens (tertiary/aromatic N) is 1. The minimum Gasteiger partial charge on any atom is -0.381 e. The molecule has 0 amide bonds. The summed E-state index contributed by atoms with van der Waals surface area (Å²) >= 11 is 1.81. The van der Waals surface area contributed by atoms with E-state index in [0.717, 1.165) is 25.8 Å². The molecular formula is C11H18N2OS. The number of rotatable bonds is 5. The van der Waals surface area contributed by atoms with Gasteiger partial charge in [-0.25, -0.2) is 4.98 Å². The molecule has 0 radical (unpaired) electrons. The molecule has 4 heteroatoms. The first-order valence-electron chi connectivity index (χ1n) is 5.51. The Morgan fingerprint density at radius 1 is 1.60 bits per heavy atom. The van der Waals surface area contributed by atoms with Crippen LogP contribution in [0.25, 0.3) is 0 Å². The summed E-state index contributed by atoms with van der Waals surface area (Å²) in [6.45, 7) is 3.08. The molecule has 84 valence electrons. The highest BCUT2D eigenvalue weighted by Crippen LogP contribution is 2.23. The van der Waals surface area contributed by atoms with E-state index in [1.54, 1.807) is 7.11 Å². The smallest absolute Gasteiger partial charge is 0.107 e. The van der Waals surface area contributed by atoms with Gasteiger partial charge in [0.25, 0.3) is 0 Å². The first kappa shape index (κ1) is 11.0. The maximum Gasteiger partial charge on any atom is 0.107 e. The Morgan fingerprint density at radius 3 is 3.00 bits per heavy atom. The highest BCUT2D eigenvalue weighted by atomic mass is 32.1. The molecule has 1 heterocycles. The molecule has 1 fully saturated rings. The second-order valence-electron chi connectivity index (χ2n) is 3.98. The van der Waals surface area contributed by atoms with E-state index in [9.17, 15) is 0 Å². The van der Waals surface area contributed by atoms with Gasteiger partial charge in [-0.3, -0.25) is 0 Å². The third-order valence-electron chi connectivity index (χ3n) is 2.92. The molecule has 1 saturated carbocycles. The van der Waals surface area contributed by atoms with Gasteiger partial charge in [0.1, 0.15) is 5.01 Å². The molecular weight excluding hydrogens is 208 g/mol. The zero-order chi connectivity index (χ0) is 10.7. The van der Waals surface area contributed by atoms with E-state index < -0.39 is 0 Å². The summed E-state index contributed by atoms with van der Waals surface area (Å²) in [7, 11) is 1.79. The lowest BCUT2D eigenvalue weighted by molar-refractivity contribution is 0.0170. The van der Waals surface area contributed by atoms with Gasteiger partial charge in [-0.2, -0.15) is 0 Å². The lowest BCUT2D eigenvalue weighted by atomic mass is 9.89. The Labute approximate surface area is 94.9 Å². The highest BCUT2D eigenvalue weighted by Gasteiger charge is 2.28. The van der Waals surface area contributed by atoms with Crippen molar-refractivity contribution in [3.05, 3.63) is 16.1 Å². The molecule has 1 aromatic rings. The van der Waals surface area contributed by atoms with Gasteiger partial charge in [-0.1, -0.05) is 6.92 Å². The number of hydrogen-bond acceptors (Lipinski definition) is 4. The van der Waals surface area contributed by atoms with Crippen LogP contribution in [0.1, 0.15) is 29.7 Å². The van der Waals surface area contributed by atoms with Crippen LogP contribution in [0.3, 0.4) is 0 Å². The van der Waals surface area contributed by atoms with Crippen molar-refractivity contribution >= 4 is 11.3 Å². The molecule has 0 spiro atoms. The van der Waals surface area contributed by atoms with Gasteiger partial charge in [0, 0.05) is 30.8 Å². The van der Waals surface area contributed by atoms with Crippen molar-refractivity contribution < 1.29 is 4.74 Å². The Kier molecular flexibility index (Phi) is 3.72. The number of hydrogen-bond donors (Lipinski definition) is 1. The van der Waals surface area contributed by atoms with Gasteiger partial charge in [-0.15, -0.1) is 11.3 Å². The van der Waals surface area contributed by atoms with E-state index >= 15 is 0 Å². The minimum atomic E-state index is 0.477. The van der Waals surface area contributed by atoms with Gasteiger partial charge in [0.2, 0.25) is 0 Å². The largest absolute Gasteiger partial charge is 0.381 e. The second kappa shape index (κ2) is 5.05. The molecule has 0 atom stereocenters. The zero-order valence-electron chi connectivity index (χ0n) is 9.32. The predicted molar refractivity (Wildman–Crippen MR) is 62.2 cm³/mol. The van der Waals surface area contributed by atoms with Gasteiger partial charge in [0.15, 0.2) is 0 Å². The quantitative estimate of drug-likeness (QED) is 0.833. The summed E-state index contributed by atoms with van der Waals surface area (Å²) in [5, 5.41) is 4.71. The first-order chi connectivity index (χ1) is 7.31. The molecule has 0 saturated heterocycles. The summed E-state index contributed by atoms with van der Waals surface area (Å²) < 4.78 is 5.24. The summed E-state index contributed by atoms with van der Waals surface area (Å²) in [6, 6.07) is 0.629. The molecule has 2 rings (SSSR count). The average Bonchev–Trinajstić information content (AvgIpc) is 2.64. The van der Waals surface area contributed by atoms with Crippen LogP contribution in [0.15, 0.2) is 6.20 Å². The number of thiazole rings is 1. The normalized spacial score (nSPS) is 25.2. The molecule has 0 unspecified atom stereocenters. The van der Waals surface area contributed by atoms with Crippen molar-refractivity contribution in [1.82, 2.24) is 10.3 Å². The van der Waals surface area contributed by atoms with Crippen molar-refractivity contribution in [2.75, 3.05) is 7.11 Å². The third-order valence-corrected chi connectivity index (χ3v) is 4.06. The van der Waals surface area contributed by atoms with Gasteiger partial charge in [-0.05, 0) is 19.3 Å².